The molecule has 0 saturated carbocycles. The van der Waals surface area contributed by atoms with Crippen LogP contribution in [0.25, 0.3) is 10.8 Å². The van der Waals surface area contributed by atoms with E-state index >= 15 is 0 Å². The molecule has 0 aliphatic carbocycles. The molecule has 1 aliphatic heterocycles. The van der Waals surface area contributed by atoms with E-state index in [1.807, 2.05) is 35.2 Å². The number of carbonyl (C=O) groups excluding carboxylic acids is 1. The summed E-state index contributed by atoms with van der Waals surface area (Å²) >= 11 is 5.84. The van der Waals surface area contributed by atoms with Crippen molar-refractivity contribution < 1.29 is 4.79 Å². The van der Waals surface area contributed by atoms with Crippen molar-refractivity contribution in [3.05, 3.63) is 48.0 Å². The van der Waals surface area contributed by atoms with E-state index in [-0.39, 0.29) is 5.91 Å². The average Bonchev–Trinajstić information content (AvgIpc) is 2.54. The fourth-order valence-electron chi connectivity index (χ4n) is 3.14. The summed E-state index contributed by atoms with van der Waals surface area (Å²) in [5.41, 5.74) is 0.792. The van der Waals surface area contributed by atoms with Gasteiger partial charge in [-0.25, -0.2) is 0 Å². The predicted molar refractivity (Wildman–Crippen MR) is 87.9 cm³/mol. The molecule has 1 atom stereocenters. The van der Waals surface area contributed by atoms with Gasteiger partial charge in [0.05, 0.1) is 0 Å². The van der Waals surface area contributed by atoms with Crippen LogP contribution in [-0.2, 0) is 0 Å². The quantitative estimate of drug-likeness (QED) is 0.773. The van der Waals surface area contributed by atoms with Crippen LogP contribution in [0.5, 0.6) is 0 Å². The highest BCUT2D eigenvalue weighted by atomic mass is 35.5. The Morgan fingerprint density at radius 3 is 2.81 bits per heavy atom. The van der Waals surface area contributed by atoms with Gasteiger partial charge in [-0.05, 0) is 48.1 Å². The molecule has 0 spiro atoms. The van der Waals surface area contributed by atoms with E-state index in [2.05, 4.69) is 12.1 Å². The molecule has 2 nitrogen and oxygen atoms in total. The van der Waals surface area contributed by atoms with Gasteiger partial charge < -0.3 is 4.90 Å². The second-order valence-electron chi connectivity index (χ2n) is 5.80. The van der Waals surface area contributed by atoms with Crippen LogP contribution in [0.2, 0.25) is 0 Å². The van der Waals surface area contributed by atoms with E-state index in [0.29, 0.717) is 11.8 Å². The molecule has 3 rings (SSSR count). The van der Waals surface area contributed by atoms with Crippen molar-refractivity contribution in [2.24, 2.45) is 5.92 Å². The first-order valence-electron chi connectivity index (χ1n) is 7.62. The summed E-state index contributed by atoms with van der Waals surface area (Å²) in [6, 6.07) is 14.1. The molecule has 1 heterocycles. The number of carbonyl (C=O) groups is 1. The highest BCUT2D eigenvalue weighted by Crippen LogP contribution is 2.23. The number of amides is 1. The monoisotopic (exact) mass is 301 g/mol. The number of rotatable bonds is 3. The van der Waals surface area contributed by atoms with Crippen molar-refractivity contribution in [1.82, 2.24) is 4.90 Å². The van der Waals surface area contributed by atoms with E-state index in [0.717, 1.165) is 36.9 Å². The molecule has 2 aromatic rings. The van der Waals surface area contributed by atoms with Crippen LogP contribution in [0, 0.1) is 5.92 Å². The number of piperidine rings is 1. The lowest BCUT2D eigenvalue weighted by Gasteiger charge is -2.32. The number of halogens is 1. The molecule has 1 fully saturated rings. The maximum atomic E-state index is 12.7. The topological polar surface area (TPSA) is 20.3 Å². The van der Waals surface area contributed by atoms with Crippen molar-refractivity contribution in [3.8, 4) is 0 Å². The first kappa shape index (κ1) is 14.4. The third kappa shape index (κ3) is 3.21. The van der Waals surface area contributed by atoms with Crippen LogP contribution in [0.1, 0.15) is 29.6 Å². The second kappa shape index (κ2) is 6.48. The number of hydrogen-bond donors (Lipinski definition) is 0. The molecule has 1 amide bonds. The molecule has 1 unspecified atom stereocenters. The number of benzene rings is 2. The number of hydrogen-bond acceptors (Lipinski definition) is 1. The summed E-state index contributed by atoms with van der Waals surface area (Å²) in [6.07, 6.45) is 3.28. The van der Waals surface area contributed by atoms with Gasteiger partial charge in [-0.3, -0.25) is 4.79 Å². The van der Waals surface area contributed by atoms with Gasteiger partial charge in [0.1, 0.15) is 0 Å². The Balaban J connectivity index is 1.79. The van der Waals surface area contributed by atoms with Crippen LogP contribution in [0.4, 0.5) is 0 Å². The smallest absolute Gasteiger partial charge is 0.253 e. The molecule has 0 N–H and O–H groups in total. The summed E-state index contributed by atoms with van der Waals surface area (Å²) in [5.74, 6) is 1.39. The number of nitrogens with zero attached hydrogens (tertiary/aromatic N) is 1. The fraction of sp³-hybridized carbons (Fsp3) is 0.389. The number of alkyl halides is 1. The molecule has 21 heavy (non-hydrogen) atoms. The van der Waals surface area contributed by atoms with Crippen LogP contribution in [-0.4, -0.2) is 29.8 Å². The Labute approximate surface area is 130 Å². The Morgan fingerprint density at radius 2 is 2.00 bits per heavy atom. The maximum Gasteiger partial charge on any atom is 0.253 e. The molecular formula is C18H20ClNO. The summed E-state index contributed by atoms with van der Waals surface area (Å²) in [4.78, 5) is 14.7. The third-order valence-corrected chi connectivity index (χ3v) is 4.54. The zero-order valence-corrected chi connectivity index (χ0v) is 12.9. The van der Waals surface area contributed by atoms with Gasteiger partial charge in [-0.1, -0.05) is 30.3 Å². The van der Waals surface area contributed by atoms with E-state index < -0.39 is 0 Å². The van der Waals surface area contributed by atoms with Crippen molar-refractivity contribution in [1.29, 1.82) is 0 Å². The largest absolute Gasteiger partial charge is 0.338 e. The lowest BCUT2D eigenvalue weighted by Crippen LogP contribution is -2.40. The minimum atomic E-state index is 0.153. The van der Waals surface area contributed by atoms with Crippen molar-refractivity contribution in [2.75, 3.05) is 19.0 Å². The molecule has 3 heteroatoms. The fourth-order valence-corrected chi connectivity index (χ4v) is 3.45. The van der Waals surface area contributed by atoms with Gasteiger partial charge in [-0.2, -0.15) is 0 Å². The van der Waals surface area contributed by atoms with Crippen LogP contribution in [0.15, 0.2) is 42.5 Å². The van der Waals surface area contributed by atoms with Gasteiger partial charge in [0.25, 0.3) is 5.91 Å². The van der Waals surface area contributed by atoms with Crippen molar-refractivity contribution in [2.45, 2.75) is 19.3 Å². The van der Waals surface area contributed by atoms with Crippen LogP contribution >= 0.6 is 11.6 Å². The molecule has 0 bridgehead atoms. The minimum absolute atomic E-state index is 0.153. The standard InChI is InChI=1S/C18H20ClNO/c19-10-9-14-4-3-11-20(13-14)18(21)17-8-7-15-5-1-2-6-16(15)12-17/h1-2,5-8,12,14H,3-4,9-11,13H2. The maximum absolute atomic E-state index is 12.7. The summed E-state index contributed by atoms with van der Waals surface area (Å²) < 4.78 is 0. The number of likely N-dealkylation sites (tertiary alicyclic amines) is 1. The van der Waals surface area contributed by atoms with Gasteiger partial charge >= 0.3 is 0 Å². The molecule has 110 valence electrons. The normalized spacial score (nSPS) is 18.9. The van der Waals surface area contributed by atoms with Gasteiger partial charge in [0.2, 0.25) is 0 Å². The van der Waals surface area contributed by atoms with Crippen molar-refractivity contribution in [3.63, 3.8) is 0 Å². The van der Waals surface area contributed by atoms with E-state index in [4.69, 9.17) is 11.6 Å². The van der Waals surface area contributed by atoms with E-state index in [1.54, 1.807) is 0 Å². The van der Waals surface area contributed by atoms with Gasteiger partial charge in [-0.15, -0.1) is 11.6 Å². The summed E-state index contributed by atoms with van der Waals surface area (Å²) in [5, 5.41) is 2.30. The summed E-state index contributed by atoms with van der Waals surface area (Å²) in [7, 11) is 0. The molecule has 0 aromatic heterocycles. The Bertz CT molecular complexity index is 638. The third-order valence-electron chi connectivity index (χ3n) is 4.32. The highest BCUT2D eigenvalue weighted by molar-refractivity contribution is 6.17. The average molecular weight is 302 g/mol. The predicted octanol–water partition coefficient (Wildman–Crippen LogP) is 4.32. The zero-order chi connectivity index (χ0) is 14.7. The molecule has 1 aliphatic rings. The molecule has 1 saturated heterocycles. The minimum Gasteiger partial charge on any atom is -0.338 e. The van der Waals surface area contributed by atoms with Crippen molar-refractivity contribution >= 4 is 28.3 Å². The first-order chi connectivity index (χ1) is 10.3. The lowest BCUT2D eigenvalue weighted by molar-refractivity contribution is 0.0672. The van der Waals surface area contributed by atoms with E-state index in [9.17, 15) is 4.79 Å². The summed E-state index contributed by atoms with van der Waals surface area (Å²) in [6.45, 7) is 1.71. The Hall–Kier alpha value is -1.54. The SMILES string of the molecule is O=C(c1ccc2ccccc2c1)N1CCCC(CCCl)C1. The lowest BCUT2D eigenvalue weighted by atomic mass is 9.95. The zero-order valence-electron chi connectivity index (χ0n) is 12.1. The van der Waals surface area contributed by atoms with Crippen LogP contribution in [0.3, 0.4) is 0 Å². The molecule has 2 aromatic carbocycles. The first-order valence-corrected chi connectivity index (χ1v) is 8.15. The van der Waals surface area contributed by atoms with E-state index in [1.165, 1.54) is 11.8 Å². The molecular weight excluding hydrogens is 282 g/mol. The molecule has 0 radical (unpaired) electrons. The Kier molecular flexibility index (Phi) is 4.45. The number of fused-ring (bicyclic) bond motifs is 1. The van der Waals surface area contributed by atoms with Gasteiger partial charge in [0.15, 0.2) is 0 Å². The Morgan fingerprint density at radius 1 is 1.19 bits per heavy atom. The van der Waals surface area contributed by atoms with Gasteiger partial charge in [0, 0.05) is 24.5 Å². The van der Waals surface area contributed by atoms with Crippen LogP contribution < -0.4 is 0 Å². The highest BCUT2D eigenvalue weighted by Gasteiger charge is 2.24. The second-order valence-corrected chi connectivity index (χ2v) is 6.18.